The molecule has 0 aliphatic heterocycles. The number of amides is 1. The number of anilines is 1. The molecule has 0 unspecified atom stereocenters. The summed E-state index contributed by atoms with van der Waals surface area (Å²) in [4.78, 5) is 23.6. The van der Waals surface area contributed by atoms with Crippen molar-refractivity contribution in [3.8, 4) is 0 Å². The number of esters is 1. The second-order valence-corrected chi connectivity index (χ2v) is 7.57. The van der Waals surface area contributed by atoms with Crippen LogP contribution in [0.25, 0.3) is 10.8 Å². The Hall–Kier alpha value is -2.45. The number of thioether (sulfide) groups is 1. The smallest absolute Gasteiger partial charge is 0.316 e. The molecule has 3 rings (SSSR count). The average molecular weight is 387 g/mol. The van der Waals surface area contributed by atoms with Gasteiger partial charge in [-0.2, -0.15) is 0 Å². The normalized spacial score (nSPS) is 10.7. The minimum atomic E-state index is -0.297. The maximum atomic E-state index is 12.2. The molecule has 1 heterocycles. The van der Waals surface area contributed by atoms with Gasteiger partial charge >= 0.3 is 5.97 Å². The summed E-state index contributed by atoms with van der Waals surface area (Å²) in [5, 5.41) is 13.3. The Bertz CT molecular complexity index is 927. The van der Waals surface area contributed by atoms with E-state index in [1.54, 1.807) is 6.92 Å². The molecule has 0 saturated heterocycles. The zero-order valence-corrected chi connectivity index (χ0v) is 15.7. The third-order valence-electron chi connectivity index (χ3n) is 3.45. The van der Waals surface area contributed by atoms with E-state index < -0.39 is 0 Å². The van der Waals surface area contributed by atoms with E-state index in [9.17, 15) is 9.59 Å². The lowest BCUT2D eigenvalue weighted by atomic mass is 10.1. The van der Waals surface area contributed by atoms with Gasteiger partial charge in [-0.3, -0.25) is 9.59 Å². The van der Waals surface area contributed by atoms with E-state index >= 15 is 0 Å². The van der Waals surface area contributed by atoms with Gasteiger partial charge in [0.2, 0.25) is 11.0 Å². The lowest BCUT2D eigenvalue weighted by Gasteiger charge is -2.04. The Morgan fingerprint density at radius 3 is 2.77 bits per heavy atom. The number of hydrogen-bond donors (Lipinski definition) is 1. The van der Waals surface area contributed by atoms with Crippen LogP contribution in [0.1, 0.15) is 12.5 Å². The van der Waals surface area contributed by atoms with Crippen LogP contribution in [-0.2, 0) is 20.7 Å². The number of hydrogen-bond acceptors (Lipinski definition) is 7. The van der Waals surface area contributed by atoms with Crippen LogP contribution in [0.4, 0.5) is 5.13 Å². The van der Waals surface area contributed by atoms with Crippen LogP contribution in [0.2, 0.25) is 0 Å². The molecule has 0 aliphatic carbocycles. The van der Waals surface area contributed by atoms with Crippen molar-refractivity contribution in [3.63, 3.8) is 0 Å². The van der Waals surface area contributed by atoms with Gasteiger partial charge in [0.25, 0.3) is 0 Å². The zero-order chi connectivity index (χ0) is 18.4. The zero-order valence-electron chi connectivity index (χ0n) is 14.1. The lowest BCUT2D eigenvalue weighted by Crippen LogP contribution is -2.14. The minimum Gasteiger partial charge on any atom is -0.465 e. The van der Waals surface area contributed by atoms with E-state index in [0.29, 0.717) is 16.1 Å². The lowest BCUT2D eigenvalue weighted by molar-refractivity contribution is -0.139. The molecule has 2 aromatic carbocycles. The highest BCUT2D eigenvalue weighted by atomic mass is 32.2. The molecule has 6 nitrogen and oxygen atoms in total. The molecule has 1 N–H and O–H groups in total. The topological polar surface area (TPSA) is 81.2 Å². The molecule has 0 bridgehead atoms. The van der Waals surface area contributed by atoms with Crippen LogP contribution < -0.4 is 5.32 Å². The van der Waals surface area contributed by atoms with Crippen molar-refractivity contribution in [3.05, 3.63) is 48.0 Å². The van der Waals surface area contributed by atoms with Crippen molar-refractivity contribution in [1.82, 2.24) is 10.2 Å². The molecule has 1 aromatic heterocycles. The van der Waals surface area contributed by atoms with Gasteiger partial charge in [0.1, 0.15) is 0 Å². The van der Waals surface area contributed by atoms with Crippen LogP contribution in [0.15, 0.2) is 46.8 Å². The van der Waals surface area contributed by atoms with Crippen molar-refractivity contribution in [2.24, 2.45) is 0 Å². The molecular weight excluding hydrogens is 370 g/mol. The molecule has 3 aromatic rings. The van der Waals surface area contributed by atoms with Crippen LogP contribution in [0.5, 0.6) is 0 Å². The van der Waals surface area contributed by atoms with E-state index in [2.05, 4.69) is 15.5 Å². The van der Waals surface area contributed by atoms with Crippen LogP contribution in [0.3, 0.4) is 0 Å². The van der Waals surface area contributed by atoms with Gasteiger partial charge in [-0.05, 0) is 23.3 Å². The first-order valence-corrected chi connectivity index (χ1v) is 9.83. The van der Waals surface area contributed by atoms with Gasteiger partial charge in [-0.25, -0.2) is 0 Å². The first kappa shape index (κ1) is 18.3. The molecule has 0 saturated carbocycles. The minimum absolute atomic E-state index is 0.154. The molecule has 134 valence electrons. The highest BCUT2D eigenvalue weighted by Crippen LogP contribution is 2.25. The van der Waals surface area contributed by atoms with Crippen molar-refractivity contribution in [2.45, 2.75) is 17.7 Å². The van der Waals surface area contributed by atoms with Gasteiger partial charge in [-0.1, -0.05) is 65.6 Å². The molecular formula is C18H17N3O3S2. The van der Waals surface area contributed by atoms with Crippen molar-refractivity contribution in [1.29, 1.82) is 0 Å². The number of fused-ring (bicyclic) bond motifs is 1. The number of carbonyl (C=O) groups is 2. The first-order valence-electron chi connectivity index (χ1n) is 8.03. The predicted molar refractivity (Wildman–Crippen MR) is 104 cm³/mol. The summed E-state index contributed by atoms with van der Waals surface area (Å²) >= 11 is 2.48. The summed E-state index contributed by atoms with van der Waals surface area (Å²) in [5.41, 5.74) is 0.933. The highest BCUT2D eigenvalue weighted by Gasteiger charge is 2.11. The highest BCUT2D eigenvalue weighted by molar-refractivity contribution is 8.01. The molecule has 0 spiro atoms. The van der Waals surface area contributed by atoms with Gasteiger partial charge in [0.05, 0.1) is 18.8 Å². The summed E-state index contributed by atoms with van der Waals surface area (Å²) in [6, 6.07) is 14.0. The van der Waals surface area contributed by atoms with Gasteiger partial charge < -0.3 is 10.1 Å². The van der Waals surface area contributed by atoms with E-state index in [-0.39, 0.29) is 24.1 Å². The Morgan fingerprint density at radius 2 is 1.96 bits per heavy atom. The molecule has 0 fully saturated rings. The Labute approximate surface area is 159 Å². The Kier molecular flexibility index (Phi) is 6.19. The van der Waals surface area contributed by atoms with Crippen LogP contribution in [-0.4, -0.2) is 34.4 Å². The SMILES string of the molecule is CCOC(=O)CSc1nnc(NC(=O)Cc2ccc3ccccc3c2)s1. The summed E-state index contributed by atoms with van der Waals surface area (Å²) in [6.07, 6.45) is 0.260. The fraction of sp³-hybridized carbons (Fsp3) is 0.222. The molecule has 0 radical (unpaired) electrons. The Morgan fingerprint density at radius 1 is 1.15 bits per heavy atom. The van der Waals surface area contributed by atoms with Crippen molar-refractivity contribution < 1.29 is 14.3 Å². The number of ether oxygens (including phenoxy) is 1. The van der Waals surface area contributed by atoms with E-state index in [4.69, 9.17) is 4.74 Å². The van der Waals surface area contributed by atoms with E-state index in [1.165, 1.54) is 23.1 Å². The van der Waals surface area contributed by atoms with E-state index in [1.807, 2.05) is 42.5 Å². The van der Waals surface area contributed by atoms with Crippen molar-refractivity contribution >= 4 is 50.9 Å². The second kappa shape index (κ2) is 8.77. The quantitative estimate of drug-likeness (QED) is 0.379. The monoisotopic (exact) mass is 387 g/mol. The summed E-state index contributed by atoms with van der Waals surface area (Å²) in [7, 11) is 0. The Balaban J connectivity index is 1.55. The van der Waals surface area contributed by atoms with Gasteiger partial charge in [0, 0.05) is 0 Å². The maximum absolute atomic E-state index is 12.2. The number of aromatic nitrogens is 2. The summed E-state index contributed by atoms with van der Waals surface area (Å²) in [6.45, 7) is 2.11. The molecule has 0 atom stereocenters. The van der Waals surface area contributed by atoms with Gasteiger partial charge in [-0.15, -0.1) is 10.2 Å². The number of nitrogens with zero attached hydrogens (tertiary/aromatic N) is 2. The second-order valence-electron chi connectivity index (χ2n) is 5.37. The fourth-order valence-corrected chi connectivity index (χ4v) is 3.91. The van der Waals surface area contributed by atoms with E-state index in [0.717, 1.165) is 16.3 Å². The first-order chi connectivity index (χ1) is 12.6. The number of benzene rings is 2. The summed E-state index contributed by atoms with van der Waals surface area (Å²) in [5.74, 6) is -0.277. The molecule has 1 amide bonds. The maximum Gasteiger partial charge on any atom is 0.316 e. The number of carbonyl (C=O) groups excluding carboxylic acids is 2. The molecule has 0 aliphatic rings. The molecule has 8 heteroatoms. The number of rotatable bonds is 7. The largest absolute Gasteiger partial charge is 0.465 e. The van der Waals surface area contributed by atoms with Crippen molar-refractivity contribution in [2.75, 3.05) is 17.7 Å². The number of nitrogens with one attached hydrogen (secondary N) is 1. The standard InChI is InChI=1S/C18H17N3O3S2/c1-2-24-16(23)11-25-18-21-20-17(26-18)19-15(22)10-12-7-8-13-5-3-4-6-14(13)9-12/h3-9H,2,10-11H2,1H3,(H,19,20,22). The predicted octanol–water partition coefficient (Wildman–Crippen LogP) is 3.53. The average Bonchev–Trinajstić information content (AvgIpc) is 3.07. The van der Waals surface area contributed by atoms with Crippen LogP contribution >= 0.6 is 23.1 Å². The summed E-state index contributed by atoms with van der Waals surface area (Å²) < 4.78 is 5.47. The fourth-order valence-electron chi connectivity index (χ4n) is 2.34. The third kappa shape index (κ3) is 5.03. The van der Waals surface area contributed by atoms with Gasteiger partial charge in [0.15, 0.2) is 4.34 Å². The van der Waals surface area contributed by atoms with Crippen LogP contribution in [0, 0.1) is 0 Å². The molecule has 26 heavy (non-hydrogen) atoms. The third-order valence-corrected chi connectivity index (χ3v) is 5.40.